The molecule has 2 aromatic heterocycles. The van der Waals surface area contributed by atoms with E-state index in [0.29, 0.717) is 24.1 Å². The van der Waals surface area contributed by atoms with E-state index >= 15 is 0 Å². The van der Waals surface area contributed by atoms with Crippen molar-refractivity contribution in [3.63, 3.8) is 0 Å². The number of rotatable bonds is 6. The Morgan fingerprint density at radius 1 is 1.19 bits per heavy atom. The summed E-state index contributed by atoms with van der Waals surface area (Å²) in [4.78, 5) is 30.0. The fourth-order valence-electron chi connectivity index (χ4n) is 4.82. The van der Waals surface area contributed by atoms with Crippen molar-refractivity contribution in [3.8, 4) is 11.6 Å². The quantitative estimate of drug-likeness (QED) is 0.588. The number of hydrogen-bond acceptors (Lipinski definition) is 7. The highest BCUT2D eigenvalue weighted by atomic mass is 32.1. The lowest BCUT2D eigenvalue weighted by molar-refractivity contribution is 0.249. The minimum Gasteiger partial charge on any atom is -0.438 e. The Morgan fingerprint density at radius 2 is 1.94 bits per heavy atom. The maximum Gasteiger partial charge on any atom is 0.354 e. The Hall–Kier alpha value is -2.94. The smallest absolute Gasteiger partial charge is 0.354 e. The molecule has 0 amide bonds. The lowest BCUT2D eigenvalue weighted by Crippen LogP contribution is -2.42. The molecule has 1 N–H and O–H groups in total. The monoisotopic (exact) mass is 453 g/mol. The maximum atomic E-state index is 13.3. The summed E-state index contributed by atoms with van der Waals surface area (Å²) in [5.74, 6) is 2.27. The number of nitrogens with zero attached hydrogens (tertiary/aromatic N) is 4. The average Bonchev–Trinajstić information content (AvgIpc) is 3.20. The van der Waals surface area contributed by atoms with Crippen LogP contribution >= 0.6 is 11.5 Å². The second-order valence-electron chi connectivity index (χ2n) is 8.97. The molecule has 5 rings (SSSR count). The van der Waals surface area contributed by atoms with Crippen molar-refractivity contribution >= 4 is 23.2 Å². The van der Waals surface area contributed by atoms with Gasteiger partial charge in [0.25, 0.3) is 0 Å². The summed E-state index contributed by atoms with van der Waals surface area (Å²) >= 11 is 1.33. The van der Waals surface area contributed by atoms with Gasteiger partial charge < -0.3 is 10.1 Å². The molecule has 3 aromatic rings. The van der Waals surface area contributed by atoms with Gasteiger partial charge in [0.2, 0.25) is 11.8 Å². The first-order valence-corrected chi connectivity index (χ1v) is 12.0. The predicted octanol–water partition coefficient (Wildman–Crippen LogP) is 4.56. The van der Waals surface area contributed by atoms with Gasteiger partial charge in [-0.05, 0) is 73.3 Å². The molecule has 0 aliphatic heterocycles. The number of hydrogen-bond donors (Lipinski definition) is 1. The fraction of sp³-hybridized carbons (Fsp3) is 0.478. The van der Waals surface area contributed by atoms with Crippen LogP contribution in [0.15, 0.2) is 45.3 Å². The molecule has 2 heterocycles. The van der Waals surface area contributed by atoms with Crippen LogP contribution in [0, 0.1) is 11.3 Å². The highest BCUT2D eigenvalue weighted by Gasteiger charge is 2.57. The van der Waals surface area contributed by atoms with Gasteiger partial charge in [-0.25, -0.2) is 14.2 Å². The molecule has 2 saturated carbocycles. The van der Waals surface area contributed by atoms with Crippen molar-refractivity contribution in [3.05, 3.63) is 56.7 Å². The van der Waals surface area contributed by atoms with Gasteiger partial charge in [0.1, 0.15) is 5.75 Å². The van der Waals surface area contributed by atoms with E-state index < -0.39 is 5.69 Å². The number of ether oxygens (including phenoxy) is 1. The molecule has 0 bridgehead atoms. The number of aromatic nitrogens is 4. The number of nitrogens with one attached hydrogen (secondary N) is 1. The first-order valence-electron chi connectivity index (χ1n) is 11.2. The molecule has 168 valence electrons. The van der Waals surface area contributed by atoms with Crippen LogP contribution in [0.3, 0.4) is 0 Å². The van der Waals surface area contributed by atoms with Gasteiger partial charge in [-0.15, -0.1) is 0 Å². The van der Waals surface area contributed by atoms with E-state index in [1.165, 1.54) is 28.9 Å². The summed E-state index contributed by atoms with van der Waals surface area (Å²) in [6.07, 6.45) is 5.60. The van der Waals surface area contributed by atoms with Crippen LogP contribution < -0.4 is 21.4 Å². The van der Waals surface area contributed by atoms with Crippen molar-refractivity contribution in [2.24, 2.45) is 11.3 Å². The first-order chi connectivity index (χ1) is 15.5. The predicted molar refractivity (Wildman–Crippen MR) is 124 cm³/mol. The molecule has 2 fully saturated rings. The fourth-order valence-corrected chi connectivity index (χ4v) is 5.26. The molecule has 0 saturated heterocycles. The van der Waals surface area contributed by atoms with E-state index in [0.717, 1.165) is 30.9 Å². The molecule has 0 radical (unpaired) electrons. The molecule has 2 aliphatic carbocycles. The Morgan fingerprint density at radius 3 is 2.59 bits per heavy atom. The summed E-state index contributed by atoms with van der Waals surface area (Å²) in [6, 6.07) is 9.21. The van der Waals surface area contributed by atoms with Crippen molar-refractivity contribution < 1.29 is 4.74 Å². The first kappa shape index (κ1) is 20.9. The molecule has 0 unspecified atom stereocenters. The molecular weight excluding hydrogens is 426 g/mol. The summed E-state index contributed by atoms with van der Waals surface area (Å²) in [5, 5.41) is 5.07. The molecule has 8 nitrogen and oxygen atoms in total. The zero-order valence-electron chi connectivity index (χ0n) is 18.3. The highest BCUT2D eigenvalue weighted by molar-refractivity contribution is 7.03. The Labute approximate surface area is 190 Å². The van der Waals surface area contributed by atoms with E-state index in [1.807, 2.05) is 29.6 Å². The second kappa shape index (κ2) is 8.20. The van der Waals surface area contributed by atoms with Crippen molar-refractivity contribution in [2.45, 2.75) is 58.5 Å². The standard InChI is InChI=1S/C23H27N5O3S/c1-3-27-21(29)25-20(24-16-4-6-17(7-5-16)31-19-10-13-32-26-19)28(22(27)30)18-14-23(18)11-8-15(2)9-12-23/h4-7,10,13,15,18H,3,8-9,11-12,14H2,1-2H3,(H,24,25,29)/t15?,18-,23?/m1/s1. The molecular formula is C23H27N5O3S. The summed E-state index contributed by atoms with van der Waals surface area (Å²) in [6.45, 7) is 4.41. The van der Waals surface area contributed by atoms with E-state index in [-0.39, 0.29) is 17.1 Å². The third-order valence-corrected chi connectivity index (χ3v) is 7.43. The topological polar surface area (TPSA) is 91.0 Å². The van der Waals surface area contributed by atoms with Gasteiger partial charge in [-0.2, -0.15) is 9.36 Å². The Balaban J connectivity index is 1.44. The largest absolute Gasteiger partial charge is 0.438 e. The van der Waals surface area contributed by atoms with E-state index in [2.05, 4.69) is 21.6 Å². The average molecular weight is 454 g/mol. The normalized spacial score (nSPS) is 24.4. The Bertz CT molecular complexity index is 1210. The molecule has 9 heteroatoms. The van der Waals surface area contributed by atoms with Gasteiger partial charge in [-0.1, -0.05) is 19.8 Å². The van der Waals surface area contributed by atoms with E-state index in [1.54, 1.807) is 17.6 Å². The van der Waals surface area contributed by atoms with Crippen LogP contribution in [0.4, 0.5) is 11.6 Å². The van der Waals surface area contributed by atoms with Gasteiger partial charge in [0, 0.05) is 29.7 Å². The zero-order chi connectivity index (χ0) is 22.3. The molecule has 1 spiro atoms. The summed E-state index contributed by atoms with van der Waals surface area (Å²) < 4.78 is 12.8. The summed E-state index contributed by atoms with van der Waals surface area (Å²) in [7, 11) is 0. The SMILES string of the molecule is CCn1c(=O)nc(Nc2ccc(Oc3ccsn3)cc2)n([C@@H]2CC23CCC(C)CC3)c1=O. The van der Waals surface area contributed by atoms with Crippen LogP contribution in [0.5, 0.6) is 11.6 Å². The van der Waals surface area contributed by atoms with Crippen molar-refractivity contribution in [2.75, 3.05) is 5.32 Å². The number of benzene rings is 1. The third-order valence-electron chi connectivity index (χ3n) is 6.89. The molecule has 1 atom stereocenters. The summed E-state index contributed by atoms with van der Waals surface area (Å²) in [5.41, 5.74) is 0.0953. The molecule has 1 aromatic carbocycles. The lowest BCUT2D eigenvalue weighted by atomic mass is 9.80. The second-order valence-corrected chi connectivity index (χ2v) is 9.63. The van der Waals surface area contributed by atoms with Crippen molar-refractivity contribution in [1.29, 1.82) is 0 Å². The van der Waals surface area contributed by atoms with Gasteiger partial charge in [-0.3, -0.25) is 4.57 Å². The van der Waals surface area contributed by atoms with Crippen LogP contribution in [0.2, 0.25) is 0 Å². The van der Waals surface area contributed by atoms with Gasteiger partial charge >= 0.3 is 11.4 Å². The van der Waals surface area contributed by atoms with Crippen LogP contribution in [0.25, 0.3) is 0 Å². The van der Waals surface area contributed by atoms with Crippen LogP contribution in [-0.2, 0) is 6.54 Å². The van der Waals surface area contributed by atoms with Crippen molar-refractivity contribution in [1.82, 2.24) is 18.5 Å². The van der Waals surface area contributed by atoms with E-state index in [4.69, 9.17) is 4.74 Å². The van der Waals surface area contributed by atoms with Crippen LogP contribution in [-0.4, -0.2) is 18.5 Å². The van der Waals surface area contributed by atoms with E-state index in [9.17, 15) is 9.59 Å². The Kier molecular flexibility index (Phi) is 5.36. The van der Waals surface area contributed by atoms with Crippen LogP contribution in [0.1, 0.15) is 52.0 Å². The van der Waals surface area contributed by atoms with Gasteiger partial charge in [0.15, 0.2) is 0 Å². The van der Waals surface area contributed by atoms with Gasteiger partial charge in [0.05, 0.1) is 0 Å². The minimum absolute atomic E-state index is 0.0863. The zero-order valence-corrected chi connectivity index (χ0v) is 19.1. The third kappa shape index (κ3) is 3.85. The maximum absolute atomic E-state index is 13.3. The molecule has 2 aliphatic rings. The number of anilines is 2. The highest BCUT2D eigenvalue weighted by Crippen LogP contribution is 2.64. The minimum atomic E-state index is -0.522. The molecule has 32 heavy (non-hydrogen) atoms. The lowest BCUT2D eigenvalue weighted by Gasteiger charge is -2.28.